The second-order valence-corrected chi connectivity index (χ2v) is 4.27. The number of aromatic amines is 1. The summed E-state index contributed by atoms with van der Waals surface area (Å²) in [5.41, 5.74) is -0.300. The Hall–Kier alpha value is -2.41. The third kappa shape index (κ3) is 2.46. The number of hydrogen-bond donors (Lipinski definition) is 3. The van der Waals surface area contributed by atoms with Crippen molar-refractivity contribution < 1.29 is 14.7 Å². The Morgan fingerprint density at radius 3 is 2.72 bits per heavy atom. The van der Waals surface area contributed by atoms with Crippen molar-refractivity contribution in [1.29, 1.82) is 0 Å². The van der Waals surface area contributed by atoms with Crippen LogP contribution in [0.2, 0.25) is 0 Å². The number of carbonyl (C=O) groups excluding carboxylic acids is 1. The summed E-state index contributed by atoms with van der Waals surface area (Å²) in [6.07, 6.45) is 0. The minimum absolute atomic E-state index is 0.0200. The molecular formula is C11H8N2O4S. The van der Waals surface area contributed by atoms with Crippen LogP contribution in [-0.2, 0) is 0 Å². The van der Waals surface area contributed by atoms with Crippen molar-refractivity contribution in [3.63, 3.8) is 0 Å². The normalized spacial score (nSPS) is 10.0. The lowest BCUT2D eigenvalue weighted by molar-refractivity contribution is 0.0698. The fourth-order valence-electron chi connectivity index (χ4n) is 1.33. The van der Waals surface area contributed by atoms with Gasteiger partial charge in [-0.1, -0.05) is 6.07 Å². The van der Waals surface area contributed by atoms with Crippen molar-refractivity contribution in [1.82, 2.24) is 4.98 Å². The first kappa shape index (κ1) is 12.1. The lowest BCUT2D eigenvalue weighted by atomic mass is 10.3. The highest BCUT2D eigenvalue weighted by molar-refractivity contribution is 7.14. The number of aromatic nitrogens is 1. The average molecular weight is 264 g/mol. The molecule has 0 aliphatic heterocycles. The maximum Gasteiger partial charge on any atom is 0.338 e. The van der Waals surface area contributed by atoms with E-state index in [9.17, 15) is 14.4 Å². The van der Waals surface area contributed by atoms with Crippen LogP contribution >= 0.6 is 11.3 Å². The first-order valence-corrected chi connectivity index (χ1v) is 5.77. The number of rotatable bonds is 3. The lowest BCUT2D eigenvalue weighted by Crippen LogP contribution is -2.18. The summed E-state index contributed by atoms with van der Waals surface area (Å²) in [4.78, 5) is 36.0. The van der Waals surface area contributed by atoms with Crippen LogP contribution in [0.5, 0.6) is 0 Å². The molecule has 0 saturated heterocycles. The number of H-pyrrole nitrogens is 1. The molecule has 92 valence electrons. The number of hydrogen-bond acceptors (Lipinski definition) is 4. The van der Waals surface area contributed by atoms with Gasteiger partial charge in [0.15, 0.2) is 0 Å². The molecule has 0 saturated carbocycles. The number of carboxylic acid groups (broad SMARTS) is 1. The molecule has 2 rings (SSSR count). The molecule has 0 spiro atoms. The highest BCUT2D eigenvalue weighted by atomic mass is 32.1. The van der Waals surface area contributed by atoms with Gasteiger partial charge < -0.3 is 15.4 Å². The standard InChI is InChI=1S/C11H8N2O4S/c14-8-3-1-2-7(12-8)9(15)13-10-6(11(16)17)4-5-18-10/h1-5H,(H,12,14)(H,13,15)(H,16,17). The Kier molecular flexibility index (Phi) is 3.24. The number of aromatic carboxylic acids is 1. The summed E-state index contributed by atoms with van der Waals surface area (Å²) in [6.45, 7) is 0. The molecule has 0 aliphatic rings. The number of thiophene rings is 1. The van der Waals surface area contributed by atoms with Crippen LogP contribution in [0, 0.1) is 0 Å². The van der Waals surface area contributed by atoms with Crippen molar-refractivity contribution >= 4 is 28.2 Å². The van der Waals surface area contributed by atoms with E-state index >= 15 is 0 Å². The Morgan fingerprint density at radius 1 is 1.28 bits per heavy atom. The molecule has 2 heterocycles. The average Bonchev–Trinajstić information content (AvgIpc) is 2.77. The maximum atomic E-state index is 11.8. The second-order valence-electron chi connectivity index (χ2n) is 3.35. The van der Waals surface area contributed by atoms with E-state index in [-0.39, 0.29) is 16.3 Å². The smallest absolute Gasteiger partial charge is 0.338 e. The van der Waals surface area contributed by atoms with Crippen LogP contribution in [0.3, 0.4) is 0 Å². The highest BCUT2D eigenvalue weighted by Gasteiger charge is 2.15. The van der Waals surface area contributed by atoms with E-state index in [2.05, 4.69) is 10.3 Å². The molecule has 18 heavy (non-hydrogen) atoms. The predicted octanol–water partition coefficient (Wildman–Crippen LogP) is 1.39. The van der Waals surface area contributed by atoms with Gasteiger partial charge in [-0.2, -0.15) is 0 Å². The largest absolute Gasteiger partial charge is 0.478 e. The van der Waals surface area contributed by atoms with Gasteiger partial charge in [0.25, 0.3) is 5.91 Å². The topological polar surface area (TPSA) is 99.3 Å². The van der Waals surface area contributed by atoms with Gasteiger partial charge in [0.05, 0.1) is 5.56 Å². The van der Waals surface area contributed by atoms with E-state index in [1.807, 2.05) is 0 Å². The molecule has 2 aromatic heterocycles. The summed E-state index contributed by atoms with van der Waals surface area (Å²) in [5, 5.41) is 13.1. The molecule has 6 nitrogen and oxygen atoms in total. The maximum absolute atomic E-state index is 11.8. The van der Waals surface area contributed by atoms with Crippen LogP contribution in [0.4, 0.5) is 5.00 Å². The van der Waals surface area contributed by atoms with Gasteiger partial charge in [-0.15, -0.1) is 11.3 Å². The quantitative estimate of drug-likeness (QED) is 0.779. The van der Waals surface area contributed by atoms with E-state index in [1.54, 1.807) is 5.38 Å². The van der Waals surface area contributed by atoms with E-state index < -0.39 is 17.4 Å². The van der Waals surface area contributed by atoms with E-state index in [0.29, 0.717) is 0 Å². The van der Waals surface area contributed by atoms with Crippen molar-refractivity contribution in [2.75, 3.05) is 5.32 Å². The lowest BCUT2D eigenvalue weighted by Gasteiger charge is -2.03. The second kappa shape index (κ2) is 4.84. The molecule has 0 aliphatic carbocycles. The summed E-state index contributed by atoms with van der Waals surface area (Å²) in [6, 6.07) is 5.56. The predicted molar refractivity (Wildman–Crippen MR) is 66.3 cm³/mol. The van der Waals surface area contributed by atoms with Crippen LogP contribution in [0.25, 0.3) is 0 Å². The number of amides is 1. The molecule has 2 aromatic rings. The number of nitrogens with one attached hydrogen (secondary N) is 2. The minimum Gasteiger partial charge on any atom is -0.478 e. The Labute approximate surface area is 105 Å². The number of carboxylic acids is 1. The van der Waals surface area contributed by atoms with Crippen molar-refractivity contribution in [3.05, 3.63) is 51.3 Å². The molecule has 0 unspecified atom stereocenters. The molecule has 0 radical (unpaired) electrons. The fourth-order valence-corrected chi connectivity index (χ4v) is 2.10. The number of anilines is 1. The molecule has 3 N–H and O–H groups in total. The summed E-state index contributed by atoms with van der Waals surface area (Å²) < 4.78 is 0. The monoisotopic (exact) mass is 264 g/mol. The van der Waals surface area contributed by atoms with Gasteiger partial charge in [0.2, 0.25) is 5.56 Å². The SMILES string of the molecule is O=C(Nc1sccc1C(=O)O)c1cccc(=O)[nH]1. The fraction of sp³-hybridized carbons (Fsp3) is 0. The third-order valence-corrected chi connectivity index (χ3v) is 2.97. The first-order valence-electron chi connectivity index (χ1n) is 4.89. The molecule has 1 amide bonds. The summed E-state index contributed by atoms with van der Waals surface area (Å²) in [7, 11) is 0. The van der Waals surface area contributed by atoms with E-state index in [4.69, 9.17) is 5.11 Å². The van der Waals surface area contributed by atoms with Gasteiger partial charge in [-0.3, -0.25) is 9.59 Å². The molecule has 0 aromatic carbocycles. The van der Waals surface area contributed by atoms with Crippen molar-refractivity contribution in [2.45, 2.75) is 0 Å². The Morgan fingerprint density at radius 2 is 2.06 bits per heavy atom. The van der Waals surface area contributed by atoms with Crippen LogP contribution in [-0.4, -0.2) is 22.0 Å². The van der Waals surface area contributed by atoms with Gasteiger partial charge in [0.1, 0.15) is 10.7 Å². The zero-order valence-electron chi connectivity index (χ0n) is 8.97. The molecule has 0 fully saturated rings. The van der Waals surface area contributed by atoms with Crippen molar-refractivity contribution in [3.8, 4) is 0 Å². The number of pyridine rings is 1. The summed E-state index contributed by atoms with van der Waals surface area (Å²) in [5.74, 6) is -1.68. The third-order valence-electron chi connectivity index (χ3n) is 2.14. The number of carbonyl (C=O) groups is 2. The van der Waals surface area contributed by atoms with Crippen LogP contribution < -0.4 is 10.9 Å². The summed E-state index contributed by atoms with van der Waals surface area (Å²) >= 11 is 1.10. The van der Waals surface area contributed by atoms with E-state index in [0.717, 1.165) is 11.3 Å². The van der Waals surface area contributed by atoms with Crippen molar-refractivity contribution in [2.24, 2.45) is 0 Å². The molecule has 0 atom stereocenters. The van der Waals surface area contributed by atoms with Crippen LogP contribution in [0.1, 0.15) is 20.8 Å². The van der Waals surface area contributed by atoms with Gasteiger partial charge in [-0.05, 0) is 17.5 Å². The van der Waals surface area contributed by atoms with E-state index in [1.165, 1.54) is 24.3 Å². The minimum atomic E-state index is -1.12. The highest BCUT2D eigenvalue weighted by Crippen LogP contribution is 2.23. The Balaban J connectivity index is 2.24. The zero-order valence-corrected chi connectivity index (χ0v) is 9.78. The molecular weight excluding hydrogens is 256 g/mol. The van der Waals surface area contributed by atoms with Gasteiger partial charge in [0, 0.05) is 6.07 Å². The van der Waals surface area contributed by atoms with Gasteiger partial charge in [-0.25, -0.2) is 4.79 Å². The van der Waals surface area contributed by atoms with Gasteiger partial charge >= 0.3 is 5.97 Å². The zero-order chi connectivity index (χ0) is 13.1. The Bertz CT molecular complexity index is 659. The molecule has 0 bridgehead atoms. The first-order chi connectivity index (χ1) is 8.58. The molecule has 7 heteroatoms. The van der Waals surface area contributed by atoms with Crippen LogP contribution in [0.15, 0.2) is 34.4 Å².